The molecule has 0 radical (unpaired) electrons. The van der Waals surface area contributed by atoms with Crippen molar-refractivity contribution in [2.45, 2.75) is 19.4 Å². The largest absolute Gasteiger partial charge is 0.493 e. The normalized spacial score (nSPS) is 15.9. The third-order valence-corrected chi connectivity index (χ3v) is 7.16. The number of piperidine rings is 1. The second kappa shape index (κ2) is 9.91. The summed E-state index contributed by atoms with van der Waals surface area (Å²) in [5, 5.41) is 8.59. The average Bonchev–Trinajstić information content (AvgIpc) is 3.47. The van der Waals surface area contributed by atoms with Gasteiger partial charge in [0.05, 0.1) is 32.0 Å². The highest BCUT2D eigenvalue weighted by Gasteiger charge is 2.28. The van der Waals surface area contributed by atoms with Gasteiger partial charge in [-0.1, -0.05) is 23.5 Å². The highest BCUT2D eigenvalue weighted by Crippen LogP contribution is 2.32. The molecule has 1 saturated heterocycles. The van der Waals surface area contributed by atoms with Crippen LogP contribution in [0.25, 0.3) is 16.2 Å². The number of halogens is 1. The van der Waals surface area contributed by atoms with E-state index in [1.54, 1.807) is 30.9 Å². The number of hydrogen-bond acceptors (Lipinski definition) is 7. The second-order valence-electron chi connectivity index (χ2n) is 8.40. The van der Waals surface area contributed by atoms with Gasteiger partial charge in [-0.3, -0.25) is 4.79 Å². The maximum atomic E-state index is 13.2. The minimum absolute atomic E-state index is 0.0134. The van der Waals surface area contributed by atoms with Crippen molar-refractivity contribution in [3.63, 3.8) is 0 Å². The van der Waals surface area contributed by atoms with E-state index < -0.39 is 0 Å². The summed E-state index contributed by atoms with van der Waals surface area (Å²) in [4.78, 5) is 20.5. The Balaban J connectivity index is 1.24. The summed E-state index contributed by atoms with van der Waals surface area (Å²) in [7, 11) is 3.19. The Hall–Kier alpha value is -3.66. The molecule has 35 heavy (non-hydrogen) atoms. The van der Waals surface area contributed by atoms with E-state index >= 15 is 0 Å². The molecule has 0 saturated carbocycles. The number of ether oxygens (including phenoxy) is 2. The van der Waals surface area contributed by atoms with Crippen LogP contribution in [0.2, 0.25) is 0 Å². The maximum absolute atomic E-state index is 13.2. The Kier molecular flexibility index (Phi) is 6.54. The molecule has 2 aromatic carbocycles. The third-order valence-electron chi connectivity index (χ3n) is 6.17. The number of para-hydroxylation sites is 1. The van der Waals surface area contributed by atoms with Crippen LogP contribution in [0.1, 0.15) is 18.4 Å². The SMILES string of the molecule is COc1cccc(CNC(=O)C2CCCN(c3nn4cc(-c5ccc(F)cc5)nc4s3)C2)c1OC. The number of imidazole rings is 1. The minimum Gasteiger partial charge on any atom is -0.493 e. The van der Waals surface area contributed by atoms with Crippen molar-refractivity contribution in [2.75, 3.05) is 32.2 Å². The lowest BCUT2D eigenvalue weighted by Gasteiger charge is -2.31. The summed E-state index contributed by atoms with van der Waals surface area (Å²) in [5.74, 6) is 0.874. The molecule has 8 nitrogen and oxygen atoms in total. The third kappa shape index (κ3) is 4.79. The number of aromatic nitrogens is 3. The Morgan fingerprint density at radius 1 is 1.20 bits per heavy atom. The smallest absolute Gasteiger partial charge is 0.225 e. The monoisotopic (exact) mass is 495 g/mol. The molecule has 1 aliphatic rings. The van der Waals surface area contributed by atoms with Crippen LogP contribution < -0.4 is 19.7 Å². The minimum atomic E-state index is -0.276. The number of amides is 1. The Morgan fingerprint density at radius 3 is 2.77 bits per heavy atom. The molecule has 10 heteroatoms. The molecule has 1 aliphatic heterocycles. The zero-order chi connectivity index (χ0) is 24.4. The van der Waals surface area contributed by atoms with Crippen LogP contribution >= 0.6 is 11.3 Å². The van der Waals surface area contributed by atoms with Gasteiger partial charge in [0.15, 0.2) is 11.5 Å². The molecule has 1 unspecified atom stereocenters. The van der Waals surface area contributed by atoms with Crippen molar-refractivity contribution in [2.24, 2.45) is 5.92 Å². The first-order valence-corrected chi connectivity index (χ1v) is 12.2. The number of hydrogen-bond donors (Lipinski definition) is 1. The quantitative estimate of drug-likeness (QED) is 0.415. The average molecular weight is 496 g/mol. The molecule has 2 aromatic heterocycles. The van der Waals surface area contributed by atoms with Gasteiger partial charge in [0.2, 0.25) is 16.0 Å². The Bertz CT molecular complexity index is 1310. The van der Waals surface area contributed by atoms with E-state index in [4.69, 9.17) is 14.6 Å². The lowest BCUT2D eigenvalue weighted by atomic mass is 9.97. The zero-order valence-corrected chi connectivity index (χ0v) is 20.3. The fourth-order valence-electron chi connectivity index (χ4n) is 4.36. The molecule has 1 fully saturated rings. The van der Waals surface area contributed by atoms with Gasteiger partial charge in [-0.05, 0) is 43.2 Å². The number of carbonyl (C=O) groups is 1. The van der Waals surface area contributed by atoms with E-state index in [2.05, 4.69) is 15.2 Å². The van der Waals surface area contributed by atoms with Gasteiger partial charge in [0.1, 0.15) is 5.82 Å². The van der Waals surface area contributed by atoms with Crippen LogP contribution in [0.3, 0.4) is 0 Å². The van der Waals surface area contributed by atoms with Gasteiger partial charge < -0.3 is 19.7 Å². The van der Waals surface area contributed by atoms with E-state index in [0.717, 1.165) is 46.3 Å². The van der Waals surface area contributed by atoms with E-state index in [-0.39, 0.29) is 17.6 Å². The Labute approximate surface area is 206 Å². The number of anilines is 1. The van der Waals surface area contributed by atoms with Crippen molar-refractivity contribution < 1.29 is 18.7 Å². The summed E-state index contributed by atoms with van der Waals surface area (Å²) in [6, 6.07) is 11.9. The first kappa shape index (κ1) is 23.1. The van der Waals surface area contributed by atoms with Crippen LogP contribution in [0.4, 0.5) is 9.52 Å². The van der Waals surface area contributed by atoms with Crippen LogP contribution in [0.5, 0.6) is 11.5 Å². The second-order valence-corrected chi connectivity index (χ2v) is 9.33. The number of nitrogens with one attached hydrogen (secondary N) is 1. The number of methoxy groups -OCH3 is 2. The van der Waals surface area contributed by atoms with Crippen LogP contribution in [-0.2, 0) is 11.3 Å². The van der Waals surface area contributed by atoms with Gasteiger partial charge in [-0.2, -0.15) is 0 Å². The Morgan fingerprint density at radius 2 is 2.03 bits per heavy atom. The lowest BCUT2D eigenvalue weighted by molar-refractivity contribution is -0.125. The summed E-state index contributed by atoms with van der Waals surface area (Å²) >= 11 is 1.49. The molecule has 3 heterocycles. The van der Waals surface area contributed by atoms with E-state index in [1.165, 1.54) is 23.5 Å². The predicted octanol–water partition coefficient (Wildman–Crippen LogP) is 4.15. The first-order chi connectivity index (χ1) is 17.1. The molecule has 5 rings (SSSR count). The van der Waals surface area contributed by atoms with E-state index in [1.807, 2.05) is 24.4 Å². The number of carbonyl (C=O) groups excluding carboxylic acids is 1. The summed E-state index contributed by atoms with van der Waals surface area (Å²) in [6.07, 6.45) is 3.58. The molecule has 0 bridgehead atoms. The van der Waals surface area contributed by atoms with Crippen molar-refractivity contribution in [1.29, 1.82) is 0 Å². The number of fused-ring (bicyclic) bond motifs is 1. The number of rotatable bonds is 7. The van der Waals surface area contributed by atoms with Crippen molar-refractivity contribution in [1.82, 2.24) is 19.9 Å². The molecule has 1 amide bonds. The standard InChI is InChI=1S/C25H26FN5O3S/c1-33-21-7-3-5-17(22(21)34-2)13-27-23(32)18-6-4-12-30(14-18)25-29-31-15-20(28-24(31)35-25)16-8-10-19(26)11-9-16/h3,5,7-11,15,18H,4,6,12-14H2,1-2H3,(H,27,32). The van der Waals surface area contributed by atoms with Gasteiger partial charge >= 0.3 is 0 Å². The first-order valence-electron chi connectivity index (χ1n) is 11.4. The van der Waals surface area contributed by atoms with Crippen molar-refractivity contribution in [3.8, 4) is 22.8 Å². The fraction of sp³-hybridized carbons (Fsp3) is 0.320. The maximum Gasteiger partial charge on any atom is 0.225 e. The molecule has 0 spiro atoms. The lowest BCUT2D eigenvalue weighted by Crippen LogP contribution is -2.43. The van der Waals surface area contributed by atoms with Gasteiger partial charge in [0.25, 0.3) is 0 Å². The summed E-state index contributed by atoms with van der Waals surface area (Å²) in [5.41, 5.74) is 2.46. The van der Waals surface area contributed by atoms with Crippen molar-refractivity contribution >= 4 is 27.3 Å². The topological polar surface area (TPSA) is 81.0 Å². The van der Waals surface area contributed by atoms with E-state index in [9.17, 15) is 9.18 Å². The fourth-order valence-corrected chi connectivity index (χ4v) is 5.28. The van der Waals surface area contributed by atoms with Crippen molar-refractivity contribution in [3.05, 3.63) is 60.0 Å². The predicted molar refractivity (Wildman–Crippen MR) is 133 cm³/mol. The van der Waals surface area contributed by atoms with Gasteiger partial charge in [0, 0.05) is 30.8 Å². The van der Waals surface area contributed by atoms with E-state index in [0.29, 0.717) is 24.6 Å². The zero-order valence-electron chi connectivity index (χ0n) is 19.5. The highest BCUT2D eigenvalue weighted by atomic mass is 32.1. The molecular formula is C25H26FN5O3S. The highest BCUT2D eigenvalue weighted by molar-refractivity contribution is 7.20. The van der Waals surface area contributed by atoms with Crippen LogP contribution in [0.15, 0.2) is 48.7 Å². The molecular weight excluding hydrogens is 469 g/mol. The molecule has 182 valence electrons. The van der Waals surface area contributed by atoms with Crippen LogP contribution in [-0.4, -0.2) is 47.8 Å². The molecule has 1 N–H and O–H groups in total. The number of benzene rings is 2. The van der Waals surface area contributed by atoms with Gasteiger partial charge in [-0.25, -0.2) is 13.9 Å². The summed E-state index contributed by atoms with van der Waals surface area (Å²) in [6.45, 7) is 1.81. The molecule has 1 atom stereocenters. The van der Waals surface area contributed by atoms with Gasteiger partial charge in [-0.15, -0.1) is 5.10 Å². The van der Waals surface area contributed by atoms with Crippen LogP contribution in [0, 0.1) is 11.7 Å². The summed E-state index contributed by atoms with van der Waals surface area (Å²) < 4.78 is 25.8. The molecule has 4 aromatic rings. The number of nitrogens with zero attached hydrogens (tertiary/aromatic N) is 4. The molecule has 0 aliphatic carbocycles.